The van der Waals surface area contributed by atoms with E-state index in [2.05, 4.69) is 5.32 Å². The van der Waals surface area contributed by atoms with Crippen LogP contribution in [-0.4, -0.2) is 23.2 Å². The van der Waals surface area contributed by atoms with Crippen LogP contribution in [0.2, 0.25) is 0 Å². The third kappa shape index (κ3) is 3.49. The predicted molar refractivity (Wildman–Crippen MR) is 114 cm³/mol. The van der Waals surface area contributed by atoms with E-state index in [1.54, 1.807) is 36.4 Å². The van der Waals surface area contributed by atoms with Crippen molar-refractivity contribution in [2.45, 2.75) is 18.4 Å². The molecule has 144 valence electrons. The first-order chi connectivity index (χ1) is 14.1. The number of benzene rings is 3. The molecule has 0 atom stereocenters. The highest BCUT2D eigenvalue weighted by molar-refractivity contribution is 7.99. The van der Waals surface area contributed by atoms with Gasteiger partial charge in [-0.3, -0.25) is 14.4 Å². The average Bonchev–Trinajstić information content (AvgIpc) is 2.76. The minimum absolute atomic E-state index is 0.176. The van der Waals surface area contributed by atoms with Gasteiger partial charge in [0.15, 0.2) is 11.6 Å². The maximum absolute atomic E-state index is 13.2. The van der Waals surface area contributed by atoms with Gasteiger partial charge in [-0.1, -0.05) is 61.5 Å². The number of carbonyl (C=O) groups excluding carboxylic acids is 3. The second-order valence-electron chi connectivity index (χ2n) is 6.67. The molecule has 0 heterocycles. The topological polar surface area (TPSA) is 63.2 Å². The predicted octanol–water partition coefficient (Wildman–Crippen LogP) is 4.50. The molecule has 1 amide bonds. The summed E-state index contributed by atoms with van der Waals surface area (Å²) in [4.78, 5) is 39.6. The van der Waals surface area contributed by atoms with Gasteiger partial charge in [0.25, 0.3) is 5.91 Å². The first kappa shape index (κ1) is 19.2. The molecule has 3 aromatic rings. The summed E-state index contributed by atoms with van der Waals surface area (Å²) in [5.74, 6) is 0.0402. The maximum atomic E-state index is 13.2. The molecule has 1 aliphatic carbocycles. The summed E-state index contributed by atoms with van der Waals surface area (Å²) in [5, 5.41) is 2.92. The van der Waals surface area contributed by atoms with E-state index in [4.69, 9.17) is 0 Å². The molecule has 0 spiro atoms. The molecule has 1 aliphatic rings. The Balaban J connectivity index is 1.74. The van der Waals surface area contributed by atoms with Crippen LogP contribution in [0.25, 0.3) is 0 Å². The van der Waals surface area contributed by atoms with E-state index in [1.807, 2.05) is 37.3 Å². The average molecular weight is 401 g/mol. The third-order valence-electron chi connectivity index (χ3n) is 4.87. The fourth-order valence-corrected chi connectivity index (χ4v) is 4.45. The van der Waals surface area contributed by atoms with Crippen molar-refractivity contribution in [2.24, 2.45) is 0 Å². The van der Waals surface area contributed by atoms with Crippen molar-refractivity contribution in [3.8, 4) is 0 Å². The normalized spacial score (nSPS) is 12.3. The molecule has 0 unspecified atom stereocenters. The lowest BCUT2D eigenvalue weighted by Gasteiger charge is -2.21. The zero-order chi connectivity index (χ0) is 20.4. The van der Waals surface area contributed by atoms with Crippen LogP contribution in [-0.2, 0) is 6.54 Å². The first-order valence-electron chi connectivity index (χ1n) is 9.42. The van der Waals surface area contributed by atoms with Crippen LogP contribution in [0.15, 0.2) is 71.6 Å². The minimum Gasteiger partial charge on any atom is -0.348 e. The van der Waals surface area contributed by atoms with Gasteiger partial charge in [-0.2, -0.15) is 0 Å². The van der Waals surface area contributed by atoms with Crippen molar-refractivity contribution in [1.29, 1.82) is 0 Å². The second kappa shape index (κ2) is 8.05. The summed E-state index contributed by atoms with van der Waals surface area (Å²) in [6.45, 7) is 2.35. The Morgan fingerprint density at radius 3 is 2.17 bits per heavy atom. The summed E-state index contributed by atoms with van der Waals surface area (Å²) < 4.78 is 0. The number of thioether (sulfide) groups is 1. The zero-order valence-electron chi connectivity index (χ0n) is 15.9. The largest absolute Gasteiger partial charge is 0.348 e. The Hall–Kier alpha value is -3.18. The van der Waals surface area contributed by atoms with Gasteiger partial charge in [0.1, 0.15) is 0 Å². The molecule has 1 N–H and O–H groups in total. The van der Waals surface area contributed by atoms with Gasteiger partial charge in [-0.25, -0.2) is 0 Å². The molecule has 4 nitrogen and oxygen atoms in total. The summed E-state index contributed by atoms with van der Waals surface area (Å²) in [7, 11) is 0. The number of fused-ring (bicyclic) bond motifs is 2. The van der Waals surface area contributed by atoms with E-state index in [1.165, 1.54) is 11.8 Å². The van der Waals surface area contributed by atoms with E-state index in [0.717, 1.165) is 5.56 Å². The molecule has 0 fully saturated rings. The van der Waals surface area contributed by atoms with Gasteiger partial charge >= 0.3 is 0 Å². The Morgan fingerprint density at radius 2 is 1.48 bits per heavy atom. The van der Waals surface area contributed by atoms with Crippen LogP contribution >= 0.6 is 11.8 Å². The fraction of sp³-hybridized carbons (Fsp3) is 0.125. The number of ketones is 2. The highest BCUT2D eigenvalue weighted by atomic mass is 32.2. The van der Waals surface area contributed by atoms with Crippen LogP contribution in [0.5, 0.6) is 0 Å². The van der Waals surface area contributed by atoms with Crippen LogP contribution in [0, 0.1) is 0 Å². The Kier molecular flexibility index (Phi) is 5.32. The van der Waals surface area contributed by atoms with Gasteiger partial charge in [-0.05, 0) is 23.4 Å². The van der Waals surface area contributed by atoms with E-state index < -0.39 is 0 Å². The third-order valence-corrected chi connectivity index (χ3v) is 5.88. The summed E-state index contributed by atoms with van der Waals surface area (Å²) in [6.07, 6.45) is 0. The molecule has 0 bridgehead atoms. The van der Waals surface area contributed by atoms with Crippen molar-refractivity contribution < 1.29 is 14.4 Å². The number of rotatable bonds is 5. The SMILES string of the molecule is CCSc1c(C(=O)NCc2ccccc2)ccc2c1C(=O)c1ccccc1C2=O. The number of amides is 1. The van der Waals surface area contributed by atoms with Crippen LogP contribution < -0.4 is 5.32 Å². The van der Waals surface area contributed by atoms with Crippen molar-refractivity contribution in [2.75, 3.05) is 5.75 Å². The molecule has 5 heteroatoms. The lowest BCUT2D eigenvalue weighted by molar-refractivity contribution is 0.0944. The first-order valence-corrected chi connectivity index (χ1v) is 10.4. The van der Waals surface area contributed by atoms with E-state index in [-0.39, 0.29) is 17.5 Å². The highest BCUT2D eigenvalue weighted by Gasteiger charge is 2.33. The molecule has 0 saturated carbocycles. The molecule has 0 radical (unpaired) electrons. The summed E-state index contributed by atoms with van der Waals surface area (Å²) in [6, 6.07) is 19.7. The highest BCUT2D eigenvalue weighted by Crippen LogP contribution is 2.36. The molecular formula is C24H19NO3S. The smallest absolute Gasteiger partial charge is 0.252 e. The lowest BCUT2D eigenvalue weighted by Crippen LogP contribution is -2.27. The molecule has 3 aromatic carbocycles. The van der Waals surface area contributed by atoms with Crippen LogP contribution in [0.3, 0.4) is 0 Å². The summed E-state index contributed by atoms with van der Waals surface area (Å²) >= 11 is 1.41. The number of carbonyl (C=O) groups is 3. The molecular weight excluding hydrogens is 382 g/mol. The van der Waals surface area contributed by atoms with E-state index in [9.17, 15) is 14.4 Å². The Morgan fingerprint density at radius 1 is 0.828 bits per heavy atom. The number of hydrogen-bond donors (Lipinski definition) is 1. The van der Waals surface area contributed by atoms with Crippen LogP contribution in [0.4, 0.5) is 0 Å². The quantitative estimate of drug-likeness (QED) is 0.500. The van der Waals surface area contributed by atoms with Crippen molar-refractivity contribution >= 4 is 29.2 Å². The lowest BCUT2D eigenvalue weighted by atomic mass is 9.83. The summed E-state index contributed by atoms with van der Waals surface area (Å²) in [5.41, 5.74) is 2.93. The molecule has 0 aromatic heterocycles. The number of nitrogens with one attached hydrogen (secondary N) is 1. The number of hydrogen-bond acceptors (Lipinski definition) is 4. The molecule has 0 saturated heterocycles. The van der Waals surface area contributed by atoms with Gasteiger partial charge in [0.05, 0.1) is 5.56 Å². The Labute approximate surface area is 173 Å². The second-order valence-corrected chi connectivity index (χ2v) is 7.94. The van der Waals surface area contributed by atoms with Gasteiger partial charge in [-0.15, -0.1) is 11.8 Å². The van der Waals surface area contributed by atoms with E-state index >= 15 is 0 Å². The van der Waals surface area contributed by atoms with Crippen molar-refractivity contribution in [3.05, 3.63) is 100 Å². The Bertz CT molecular complexity index is 1120. The van der Waals surface area contributed by atoms with Gasteiger partial charge < -0.3 is 5.32 Å². The molecule has 0 aliphatic heterocycles. The fourth-order valence-electron chi connectivity index (χ4n) is 3.50. The van der Waals surface area contributed by atoms with Gasteiger partial charge in [0, 0.05) is 33.7 Å². The van der Waals surface area contributed by atoms with Gasteiger partial charge in [0.2, 0.25) is 0 Å². The maximum Gasteiger partial charge on any atom is 0.252 e. The van der Waals surface area contributed by atoms with Crippen LogP contribution in [0.1, 0.15) is 54.7 Å². The van der Waals surface area contributed by atoms with E-state index in [0.29, 0.717) is 45.0 Å². The molecule has 4 rings (SSSR count). The molecule has 29 heavy (non-hydrogen) atoms. The zero-order valence-corrected chi connectivity index (χ0v) is 16.7. The monoisotopic (exact) mass is 401 g/mol. The minimum atomic E-state index is -0.258. The standard InChI is InChI=1S/C24H19NO3S/c1-2-29-23-19(24(28)25-14-15-8-4-3-5-9-15)13-12-18-20(23)22(27)17-11-7-6-10-16(17)21(18)26/h3-13H,2,14H2,1H3,(H,25,28). The van der Waals surface area contributed by atoms with Crippen molar-refractivity contribution in [3.63, 3.8) is 0 Å². The van der Waals surface area contributed by atoms with Crippen molar-refractivity contribution in [1.82, 2.24) is 5.32 Å².